The van der Waals surface area contributed by atoms with E-state index in [1.165, 1.54) is 12.8 Å². The molecule has 0 saturated heterocycles. The summed E-state index contributed by atoms with van der Waals surface area (Å²) in [7, 11) is -1.53. The fourth-order valence-corrected chi connectivity index (χ4v) is 3.69. The first kappa shape index (κ1) is 15.8. The third kappa shape index (κ3) is 4.74. The summed E-state index contributed by atoms with van der Waals surface area (Å²) in [6, 6.07) is 9.00. The van der Waals surface area contributed by atoms with Gasteiger partial charge in [0, 0.05) is 19.6 Å². The number of hydrogen-bond acceptors (Lipinski definition) is 3. The molecule has 1 aromatic carbocycles. The monoisotopic (exact) mass is 309 g/mol. The number of guanidine groups is 1. The van der Waals surface area contributed by atoms with Crippen molar-refractivity contribution in [3.8, 4) is 0 Å². The van der Waals surface area contributed by atoms with Gasteiger partial charge in [-0.15, -0.1) is 0 Å². The van der Waals surface area contributed by atoms with E-state index in [-0.39, 0.29) is 5.75 Å². The number of sulfone groups is 1. The quantitative estimate of drug-likeness (QED) is 0.640. The fraction of sp³-hybridized carbons (Fsp3) is 0.533. The molecule has 1 aliphatic carbocycles. The normalized spacial score (nSPS) is 16.9. The van der Waals surface area contributed by atoms with Gasteiger partial charge < -0.3 is 10.6 Å². The van der Waals surface area contributed by atoms with Gasteiger partial charge in [-0.25, -0.2) is 8.42 Å². The number of hydrogen-bond donors (Lipinski definition) is 2. The van der Waals surface area contributed by atoms with E-state index in [0.717, 1.165) is 12.8 Å². The number of nitrogens with one attached hydrogen (secondary N) is 2. The number of aliphatic imine (C=N–C) groups is 1. The van der Waals surface area contributed by atoms with Crippen LogP contribution in [0.4, 0.5) is 0 Å². The van der Waals surface area contributed by atoms with E-state index in [1.54, 1.807) is 31.3 Å². The zero-order valence-corrected chi connectivity index (χ0v) is 13.2. The first-order chi connectivity index (χ1) is 10.1. The molecule has 0 spiro atoms. The first-order valence-electron chi connectivity index (χ1n) is 7.37. The fourth-order valence-electron chi connectivity index (χ4n) is 2.51. The number of rotatable bonds is 5. The van der Waals surface area contributed by atoms with Crippen molar-refractivity contribution in [2.75, 3.05) is 19.3 Å². The van der Waals surface area contributed by atoms with E-state index in [2.05, 4.69) is 15.6 Å². The highest BCUT2D eigenvalue weighted by atomic mass is 32.2. The van der Waals surface area contributed by atoms with E-state index in [4.69, 9.17) is 0 Å². The van der Waals surface area contributed by atoms with Crippen LogP contribution in [0.3, 0.4) is 0 Å². The van der Waals surface area contributed by atoms with Gasteiger partial charge >= 0.3 is 0 Å². The summed E-state index contributed by atoms with van der Waals surface area (Å²) in [5, 5.41) is 6.42. The molecular formula is C15H23N3O2S. The Labute approximate surface area is 126 Å². The lowest BCUT2D eigenvalue weighted by Gasteiger charge is -2.16. The Morgan fingerprint density at radius 2 is 1.90 bits per heavy atom. The Morgan fingerprint density at radius 1 is 1.24 bits per heavy atom. The summed E-state index contributed by atoms with van der Waals surface area (Å²) in [5.74, 6) is 0.743. The predicted octanol–water partition coefficient (Wildman–Crippen LogP) is 1.57. The van der Waals surface area contributed by atoms with Gasteiger partial charge in [-0.3, -0.25) is 4.99 Å². The second-order valence-corrected chi connectivity index (χ2v) is 7.37. The highest BCUT2D eigenvalue weighted by Gasteiger charge is 2.17. The molecule has 116 valence electrons. The molecule has 0 heterocycles. The van der Waals surface area contributed by atoms with E-state index in [0.29, 0.717) is 23.4 Å². The SMILES string of the molecule is CN=C(NCCS(=O)(=O)c1ccccc1)NC1CCCC1. The highest BCUT2D eigenvalue weighted by Crippen LogP contribution is 2.17. The summed E-state index contributed by atoms with van der Waals surface area (Å²) in [6.45, 7) is 0.351. The average Bonchev–Trinajstić information content (AvgIpc) is 3.00. The molecule has 6 heteroatoms. The van der Waals surface area contributed by atoms with Crippen LogP contribution in [0.25, 0.3) is 0 Å². The summed E-state index contributed by atoms with van der Waals surface area (Å²) < 4.78 is 24.3. The van der Waals surface area contributed by atoms with Crippen molar-refractivity contribution in [3.05, 3.63) is 30.3 Å². The van der Waals surface area contributed by atoms with Crippen LogP contribution in [-0.2, 0) is 9.84 Å². The van der Waals surface area contributed by atoms with Crippen LogP contribution in [0.2, 0.25) is 0 Å². The Bertz CT molecular complexity index is 564. The van der Waals surface area contributed by atoms with E-state index >= 15 is 0 Å². The van der Waals surface area contributed by atoms with Crippen molar-refractivity contribution in [1.82, 2.24) is 10.6 Å². The Morgan fingerprint density at radius 3 is 2.52 bits per heavy atom. The molecule has 1 fully saturated rings. The van der Waals surface area contributed by atoms with Crippen molar-refractivity contribution in [2.24, 2.45) is 4.99 Å². The molecule has 1 saturated carbocycles. The zero-order chi connectivity index (χ0) is 15.1. The molecule has 0 aliphatic heterocycles. The molecule has 2 rings (SSSR count). The van der Waals surface area contributed by atoms with Gasteiger partial charge in [-0.2, -0.15) is 0 Å². The van der Waals surface area contributed by atoms with Crippen molar-refractivity contribution in [3.63, 3.8) is 0 Å². The van der Waals surface area contributed by atoms with Crippen molar-refractivity contribution in [1.29, 1.82) is 0 Å². The minimum Gasteiger partial charge on any atom is -0.355 e. The Balaban J connectivity index is 1.82. The Kier molecular flexibility index (Phi) is 5.61. The minimum atomic E-state index is -3.24. The third-order valence-corrected chi connectivity index (χ3v) is 5.42. The predicted molar refractivity (Wildman–Crippen MR) is 85.2 cm³/mol. The molecule has 0 aromatic heterocycles. The van der Waals surface area contributed by atoms with Gasteiger partial charge in [0.15, 0.2) is 15.8 Å². The van der Waals surface area contributed by atoms with Crippen LogP contribution in [-0.4, -0.2) is 39.8 Å². The highest BCUT2D eigenvalue weighted by molar-refractivity contribution is 7.91. The maximum absolute atomic E-state index is 12.1. The van der Waals surface area contributed by atoms with E-state index < -0.39 is 9.84 Å². The molecule has 5 nitrogen and oxygen atoms in total. The van der Waals surface area contributed by atoms with Crippen LogP contribution in [0, 0.1) is 0 Å². The lowest BCUT2D eigenvalue weighted by atomic mass is 10.2. The number of benzene rings is 1. The molecule has 0 bridgehead atoms. The third-order valence-electron chi connectivity index (χ3n) is 3.69. The summed E-state index contributed by atoms with van der Waals surface area (Å²) in [6.07, 6.45) is 4.81. The second kappa shape index (κ2) is 7.45. The summed E-state index contributed by atoms with van der Waals surface area (Å²) in [5.41, 5.74) is 0. The maximum Gasteiger partial charge on any atom is 0.191 e. The summed E-state index contributed by atoms with van der Waals surface area (Å²) >= 11 is 0. The largest absolute Gasteiger partial charge is 0.355 e. The zero-order valence-electron chi connectivity index (χ0n) is 12.4. The standard InChI is InChI=1S/C15H23N3O2S/c1-16-15(18-13-7-5-6-8-13)17-11-12-21(19,20)14-9-3-2-4-10-14/h2-4,9-10,13H,5-8,11-12H2,1H3,(H2,16,17,18). The van der Waals surface area contributed by atoms with Crippen molar-refractivity contribution < 1.29 is 8.42 Å². The lowest BCUT2D eigenvalue weighted by molar-refractivity contribution is 0.592. The molecule has 1 aromatic rings. The molecule has 21 heavy (non-hydrogen) atoms. The average molecular weight is 309 g/mol. The molecular weight excluding hydrogens is 286 g/mol. The van der Waals surface area contributed by atoms with Gasteiger partial charge in [0.1, 0.15) is 0 Å². The number of nitrogens with zero attached hydrogens (tertiary/aromatic N) is 1. The van der Waals surface area contributed by atoms with Crippen LogP contribution in [0.1, 0.15) is 25.7 Å². The van der Waals surface area contributed by atoms with Crippen LogP contribution in [0.5, 0.6) is 0 Å². The molecule has 0 unspecified atom stereocenters. The second-order valence-electron chi connectivity index (χ2n) is 5.26. The van der Waals surface area contributed by atoms with Crippen LogP contribution < -0.4 is 10.6 Å². The van der Waals surface area contributed by atoms with E-state index in [9.17, 15) is 8.42 Å². The topological polar surface area (TPSA) is 70.6 Å². The van der Waals surface area contributed by atoms with Crippen molar-refractivity contribution >= 4 is 15.8 Å². The van der Waals surface area contributed by atoms with Gasteiger partial charge in [0.2, 0.25) is 0 Å². The van der Waals surface area contributed by atoms with Crippen LogP contribution >= 0.6 is 0 Å². The molecule has 0 atom stereocenters. The van der Waals surface area contributed by atoms with Gasteiger partial charge in [0.25, 0.3) is 0 Å². The molecule has 2 N–H and O–H groups in total. The van der Waals surface area contributed by atoms with Gasteiger partial charge in [-0.1, -0.05) is 31.0 Å². The first-order valence-corrected chi connectivity index (χ1v) is 9.02. The summed E-state index contributed by atoms with van der Waals surface area (Å²) in [4.78, 5) is 4.51. The van der Waals surface area contributed by atoms with Crippen LogP contribution in [0.15, 0.2) is 40.2 Å². The molecule has 1 aliphatic rings. The van der Waals surface area contributed by atoms with Gasteiger partial charge in [0.05, 0.1) is 10.6 Å². The molecule has 0 radical (unpaired) electrons. The van der Waals surface area contributed by atoms with Gasteiger partial charge in [-0.05, 0) is 25.0 Å². The smallest absolute Gasteiger partial charge is 0.191 e. The Hall–Kier alpha value is -1.56. The van der Waals surface area contributed by atoms with E-state index in [1.807, 2.05) is 6.07 Å². The maximum atomic E-state index is 12.1. The minimum absolute atomic E-state index is 0.0579. The van der Waals surface area contributed by atoms with Crippen molar-refractivity contribution in [2.45, 2.75) is 36.6 Å². The molecule has 0 amide bonds. The lowest BCUT2D eigenvalue weighted by Crippen LogP contribution is -2.43.